The molecule has 0 spiro atoms. The van der Waals surface area contributed by atoms with Crippen LogP contribution >= 0.6 is 0 Å². The third-order valence-corrected chi connectivity index (χ3v) is 5.96. The molecule has 2 N–H and O–H groups in total. The molecule has 0 bridgehead atoms. The minimum Gasteiger partial charge on any atom is -0.402 e. The molecule has 0 atom stereocenters. The van der Waals surface area contributed by atoms with Crippen molar-refractivity contribution >= 4 is 16.9 Å². The number of allylic oxidation sites excluding steroid dienone is 2. The van der Waals surface area contributed by atoms with Gasteiger partial charge in [0.2, 0.25) is 0 Å². The van der Waals surface area contributed by atoms with Crippen LogP contribution in [0.3, 0.4) is 0 Å². The monoisotopic (exact) mass is 516 g/mol. The molecule has 3 aromatic rings. The van der Waals surface area contributed by atoms with Crippen molar-refractivity contribution in [3.05, 3.63) is 60.2 Å². The lowest BCUT2D eigenvalue weighted by molar-refractivity contribution is -0.136. The van der Waals surface area contributed by atoms with Gasteiger partial charge < -0.3 is 14.8 Å². The normalized spacial score (nSPS) is 14.8. The molecule has 9 heteroatoms. The molecule has 0 aliphatic heterocycles. The first-order chi connectivity index (χ1) is 17.7. The van der Waals surface area contributed by atoms with Gasteiger partial charge in [0.25, 0.3) is 5.89 Å². The van der Waals surface area contributed by atoms with Crippen LogP contribution in [0.25, 0.3) is 22.5 Å². The Morgan fingerprint density at radius 1 is 1.11 bits per heavy atom. The van der Waals surface area contributed by atoms with Gasteiger partial charge in [0.15, 0.2) is 0 Å². The second-order valence-electron chi connectivity index (χ2n) is 9.31. The zero-order valence-electron chi connectivity index (χ0n) is 21.4. The molecule has 0 amide bonds. The van der Waals surface area contributed by atoms with Gasteiger partial charge in [-0.05, 0) is 93.5 Å². The maximum Gasteiger partial charge on any atom is 0.418 e. The van der Waals surface area contributed by atoms with Gasteiger partial charge in [0.05, 0.1) is 11.1 Å². The van der Waals surface area contributed by atoms with Crippen molar-refractivity contribution in [2.24, 2.45) is 5.92 Å². The molecule has 1 aromatic carbocycles. The first-order valence-electron chi connectivity index (χ1n) is 12.6. The number of alkyl halides is 3. The second kappa shape index (κ2) is 12.9. The predicted octanol–water partition coefficient (Wildman–Crippen LogP) is 7.45. The van der Waals surface area contributed by atoms with E-state index in [1.165, 1.54) is 18.9 Å². The Hall–Kier alpha value is -3.20. The minimum absolute atomic E-state index is 0.0547. The van der Waals surface area contributed by atoms with E-state index in [1.807, 2.05) is 19.1 Å². The number of hydrogen-bond acceptors (Lipinski definition) is 6. The molecular weight excluding hydrogens is 481 g/mol. The van der Waals surface area contributed by atoms with Gasteiger partial charge in [-0.3, -0.25) is 0 Å². The number of anilines is 1. The van der Waals surface area contributed by atoms with Crippen LogP contribution in [0.2, 0.25) is 0 Å². The lowest BCUT2D eigenvalue weighted by Gasteiger charge is -2.14. The third kappa shape index (κ3) is 8.15. The standard InChI is InChI=1S/C20H21F3N4O2.C5H8.C3H6/c1-11-8-16(18-26-27-19(29-18)24-6-2-3-7-28)25-17-14(11)9-13(12-4-5-12)10-15(17)20(21,22)23;1-2-5-3-4-5;1-3-2/h8-10,12,28H,2-7H2,1H3,(H,24,27);2,5H,1,3-4H2;3H,1H2,2H3. The molecule has 0 unspecified atom stereocenters. The highest BCUT2D eigenvalue weighted by molar-refractivity contribution is 5.88. The summed E-state index contributed by atoms with van der Waals surface area (Å²) in [7, 11) is 0. The number of aryl methyl sites for hydroxylation is 1. The molecule has 0 saturated heterocycles. The zero-order chi connectivity index (χ0) is 27.0. The Kier molecular flexibility index (Phi) is 9.86. The highest BCUT2D eigenvalue weighted by Crippen LogP contribution is 2.45. The lowest BCUT2D eigenvalue weighted by Crippen LogP contribution is -2.08. The highest BCUT2D eigenvalue weighted by atomic mass is 19.4. The molecular formula is C28H35F3N4O2. The smallest absolute Gasteiger partial charge is 0.402 e. The average molecular weight is 517 g/mol. The largest absolute Gasteiger partial charge is 0.418 e. The van der Waals surface area contributed by atoms with Crippen LogP contribution in [0.5, 0.6) is 0 Å². The van der Waals surface area contributed by atoms with Gasteiger partial charge in [-0.1, -0.05) is 17.3 Å². The number of aliphatic hydroxyl groups excluding tert-OH is 1. The van der Waals surface area contributed by atoms with Gasteiger partial charge >= 0.3 is 12.2 Å². The van der Waals surface area contributed by atoms with Crippen molar-refractivity contribution < 1.29 is 22.7 Å². The summed E-state index contributed by atoms with van der Waals surface area (Å²) in [6.45, 7) is 11.3. The molecule has 6 nitrogen and oxygen atoms in total. The summed E-state index contributed by atoms with van der Waals surface area (Å²) in [5, 5.41) is 20.0. The molecule has 2 aromatic heterocycles. The zero-order valence-corrected chi connectivity index (χ0v) is 21.4. The van der Waals surface area contributed by atoms with Crippen molar-refractivity contribution in [1.29, 1.82) is 0 Å². The second-order valence-corrected chi connectivity index (χ2v) is 9.31. The number of aliphatic hydroxyl groups is 1. The third-order valence-electron chi connectivity index (χ3n) is 5.96. The number of halogens is 3. The molecule has 2 aliphatic carbocycles. The number of nitrogens with one attached hydrogen (secondary N) is 1. The van der Waals surface area contributed by atoms with Crippen LogP contribution in [-0.4, -0.2) is 33.4 Å². The molecule has 5 rings (SSSR count). The first-order valence-corrected chi connectivity index (χ1v) is 12.6. The summed E-state index contributed by atoms with van der Waals surface area (Å²) in [5.41, 5.74) is 0.759. The molecule has 2 heterocycles. The number of fused-ring (bicyclic) bond motifs is 1. The summed E-state index contributed by atoms with van der Waals surface area (Å²) in [4.78, 5) is 4.24. The van der Waals surface area contributed by atoms with E-state index in [9.17, 15) is 13.2 Å². The van der Waals surface area contributed by atoms with E-state index in [0.29, 0.717) is 23.9 Å². The molecule has 200 valence electrons. The Bertz CT molecular complexity index is 1200. The number of aromatic nitrogens is 3. The fraction of sp³-hybridized carbons (Fsp3) is 0.464. The summed E-state index contributed by atoms with van der Waals surface area (Å²) in [6, 6.07) is 4.87. The van der Waals surface area contributed by atoms with E-state index in [1.54, 1.807) is 19.1 Å². The Morgan fingerprint density at radius 3 is 2.35 bits per heavy atom. The van der Waals surface area contributed by atoms with E-state index < -0.39 is 11.7 Å². The number of rotatable bonds is 8. The van der Waals surface area contributed by atoms with Crippen molar-refractivity contribution in [2.45, 2.75) is 64.5 Å². The topological polar surface area (TPSA) is 84.1 Å². The Morgan fingerprint density at radius 2 is 1.81 bits per heavy atom. The summed E-state index contributed by atoms with van der Waals surface area (Å²) < 4.78 is 46.7. The van der Waals surface area contributed by atoms with Gasteiger partial charge in [-0.25, -0.2) is 4.98 Å². The summed E-state index contributed by atoms with van der Waals surface area (Å²) in [6.07, 6.45) is 5.26. The van der Waals surface area contributed by atoms with Crippen LogP contribution in [-0.2, 0) is 6.18 Å². The van der Waals surface area contributed by atoms with E-state index in [-0.39, 0.29) is 35.6 Å². The SMILES string of the molecule is C=CC.C=CC1CC1.Cc1cc(-c2nnc(NCCCCO)o2)nc2c(C(F)(F)F)cc(C3CC3)cc12. The van der Waals surface area contributed by atoms with Crippen LogP contribution in [0.15, 0.2) is 47.9 Å². The molecule has 2 aliphatic rings. The van der Waals surface area contributed by atoms with Crippen LogP contribution in [0.1, 0.15) is 68.1 Å². The number of nitrogens with zero attached hydrogens (tertiary/aromatic N) is 3. The maximum atomic E-state index is 13.7. The first kappa shape index (κ1) is 28.4. The summed E-state index contributed by atoms with van der Waals surface area (Å²) >= 11 is 0. The van der Waals surface area contributed by atoms with Gasteiger partial charge in [-0.15, -0.1) is 18.3 Å². The lowest BCUT2D eigenvalue weighted by atomic mass is 9.98. The van der Waals surface area contributed by atoms with Crippen LogP contribution < -0.4 is 5.32 Å². The average Bonchev–Trinajstić information content (AvgIpc) is 3.79. The maximum absolute atomic E-state index is 13.7. The van der Waals surface area contributed by atoms with E-state index in [2.05, 4.69) is 33.7 Å². The highest BCUT2D eigenvalue weighted by Gasteiger charge is 2.36. The van der Waals surface area contributed by atoms with Gasteiger partial charge in [-0.2, -0.15) is 13.2 Å². The van der Waals surface area contributed by atoms with E-state index in [0.717, 1.165) is 30.7 Å². The molecule has 2 fully saturated rings. The van der Waals surface area contributed by atoms with Gasteiger partial charge in [0, 0.05) is 18.5 Å². The fourth-order valence-electron chi connectivity index (χ4n) is 3.65. The van der Waals surface area contributed by atoms with Crippen molar-refractivity contribution in [2.75, 3.05) is 18.5 Å². The number of unbranched alkanes of at least 4 members (excludes halogenated alkanes) is 1. The van der Waals surface area contributed by atoms with Gasteiger partial charge in [0.1, 0.15) is 5.69 Å². The van der Waals surface area contributed by atoms with E-state index in [4.69, 9.17) is 9.52 Å². The van der Waals surface area contributed by atoms with Crippen molar-refractivity contribution in [1.82, 2.24) is 15.2 Å². The Balaban J connectivity index is 0.000000411. The van der Waals surface area contributed by atoms with Crippen molar-refractivity contribution in [3.8, 4) is 11.6 Å². The van der Waals surface area contributed by atoms with Crippen molar-refractivity contribution in [3.63, 3.8) is 0 Å². The Labute approximate surface area is 215 Å². The number of pyridine rings is 1. The van der Waals surface area contributed by atoms with Crippen LogP contribution in [0, 0.1) is 12.8 Å². The summed E-state index contributed by atoms with van der Waals surface area (Å²) in [5.74, 6) is 1.16. The predicted molar refractivity (Wildman–Crippen MR) is 140 cm³/mol. The van der Waals surface area contributed by atoms with Crippen LogP contribution in [0.4, 0.5) is 19.2 Å². The quantitative estimate of drug-likeness (QED) is 0.239. The minimum atomic E-state index is -4.50. The van der Waals surface area contributed by atoms with E-state index >= 15 is 0 Å². The number of benzene rings is 1. The molecule has 2 saturated carbocycles. The molecule has 0 radical (unpaired) electrons. The molecule has 37 heavy (non-hydrogen) atoms. The fourth-order valence-corrected chi connectivity index (χ4v) is 3.65. The number of hydrogen-bond donors (Lipinski definition) is 2.